The molecule has 2 N–H and O–H groups in total. The van der Waals surface area contributed by atoms with Gasteiger partial charge in [0.25, 0.3) is 5.91 Å². The number of amides is 2. The van der Waals surface area contributed by atoms with Gasteiger partial charge in [-0.2, -0.15) is 13.2 Å². The van der Waals surface area contributed by atoms with Crippen LogP contribution in [0.5, 0.6) is 5.75 Å². The first-order chi connectivity index (χ1) is 16.7. The number of alkyl halides is 3. The Kier molecular flexibility index (Phi) is 6.41. The number of ether oxygens (including phenoxy) is 1. The second-order valence-electron chi connectivity index (χ2n) is 7.44. The first kappa shape index (κ1) is 23.7. The summed E-state index contributed by atoms with van der Waals surface area (Å²) < 4.78 is 59.9. The SMILES string of the molecule is COc1ccc(NC(=O)Cn2c(C(F)(F)F)nc3ccccc32)cc1NC(=O)c1cccc(F)c1. The number of benzene rings is 3. The lowest BCUT2D eigenvalue weighted by Crippen LogP contribution is -2.23. The van der Waals surface area contributed by atoms with Gasteiger partial charge in [0.15, 0.2) is 0 Å². The minimum Gasteiger partial charge on any atom is -0.495 e. The molecule has 1 heterocycles. The van der Waals surface area contributed by atoms with E-state index >= 15 is 0 Å². The summed E-state index contributed by atoms with van der Waals surface area (Å²) in [5.74, 6) is -2.88. The number of para-hydroxylation sites is 2. The largest absolute Gasteiger partial charge is 0.495 e. The summed E-state index contributed by atoms with van der Waals surface area (Å²) in [6, 6.07) is 15.3. The van der Waals surface area contributed by atoms with Gasteiger partial charge in [0.05, 0.1) is 23.8 Å². The monoisotopic (exact) mass is 486 g/mol. The van der Waals surface area contributed by atoms with Gasteiger partial charge in [0.2, 0.25) is 11.7 Å². The quantitative estimate of drug-likeness (QED) is 0.372. The van der Waals surface area contributed by atoms with E-state index in [9.17, 15) is 27.2 Å². The van der Waals surface area contributed by atoms with Crippen molar-refractivity contribution in [3.63, 3.8) is 0 Å². The molecule has 0 bridgehead atoms. The molecule has 11 heteroatoms. The smallest absolute Gasteiger partial charge is 0.449 e. The molecule has 4 aromatic rings. The predicted molar refractivity (Wildman–Crippen MR) is 121 cm³/mol. The van der Waals surface area contributed by atoms with E-state index in [1.54, 1.807) is 12.1 Å². The van der Waals surface area contributed by atoms with Crippen molar-refractivity contribution in [1.29, 1.82) is 0 Å². The minimum atomic E-state index is -4.76. The van der Waals surface area contributed by atoms with Crippen molar-refractivity contribution in [2.45, 2.75) is 12.7 Å². The standard InChI is InChI=1S/C24H18F4N4O3/c1-35-20-10-9-16(12-18(20)30-22(34)14-5-4-6-15(25)11-14)29-21(33)13-32-19-8-3-2-7-17(19)31-23(32)24(26,27)28/h2-12H,13H2,1H3,(H,29,33)(H,30,34). The molecule has 0 fully saturated rings. The van der Waals surface area contributed by atoms with Gasteiger partial charge in [-0.1, -0.05) is 18.2 Å². The Morgan fingerprint density at radius 3 is 2.49 bits per heavy atom. The van der Waals surface area contributed by atoms with Crippen molar-refractivity contribution >= 4 is 34.2 Å². The number of rotatable bonds is 6. The highest BCUT2D eigenvalue weighted by Crippen LogP contribution is 2.32. The van der Waals surface area contributed by atoms with Crippen LogP contribution < -0.4 is 15.4 Å². The fourth-order valence-corrected chi connectivity index (χ4v) is 3.50. The van der Waals surface area contributed by atoms with Crippen LogP contribution in [-0.4, -0.2) is 28.5 Å². The van der Waals surface area contributed by atoms with Crippen LogP contribution in [0.2, 0.25) is 0 Å². The molecule has 0 aliphatic heterocycles. The topological polar surface area (TPSA) is 85.2 Å². The number of methoxy groups -OCH3 is 1. The Hall–Kier alpha value is -4.41. The molecule has 0 aliphatic rings. The Bertz CT molecular complexity index is 1420. The molecule has 2 amide bonds. The van der Waals surface area contributed by atoms with Crippen LogP contribution >= 0.6 is 0 Å². The van der Waals surface area contributed by atoms with Crippen molar-refractivity contribution in [2.24, 2.45) is 0 Å². The van der Waals surface area contributed by atoms with Gasteiger partial charge in [0, 0.05) is 11.3 Å². The fraction of sp³-hybridized carbons (Fsp3) is 0.125. The maximum Gasteiger partial charge on any atom is 0.449 e. The summed E-state index contributed by atoms with van der Waals surface area (Å²) in [6.45, 7) is -0.646. The number of carbonyl (C=O) groups excluding carboxylic acids is 2. The molecule has 0 saturated heterocycles. The molecule has 0 aliphatic carbocycles. The molecule has 0 saturated carbocycles. The van der Waals surface area contributed by atoms with Gasteiger partial charge < -0.3 is 19.9 Å². The van der Waals surface area contributed by atoms with Crippen molar-refractivity contribution < 1.29 is 31.9 Å². The van der Waals surface area contributed by atoms with Gasteiger partial charge in [0.1, 0.15) is 18.1 Å². The van der Waals surface area contributed by atoms with E-state index in [1.165, 1.54) is 55.6 Å². The zero-order valence-corrected chi connectivity index (χ0v) is 18.2. The second kappa shape index (κ2) is 9.45. The van der Waals surface area contributed by atoms with Crippen molar-refractivity contribution in [2.75, 3.05) is 17.7 Å². The predicted octanol–water partition coefficient (Wildman–Crippen LogP) is 5.09. The lowest BCUT2D eigenvalue weighted by molar-refractivity contribution is -0.147. The molecule has 0 atom stereocenters. The third-order valence-corrected chi connectivity index (χ3v) is 5.03. The van der Waals surface area contributed by atoms with Crippen LogP contribution in [-0.2, 0) is 17.5 Å². The molecule has 3 aromatic carbocycles. The number of nitrogens with one attached hydrogen (secondary N) is 2. The average molecular weight is 486 g/mol. The van der Waals surface area contributed by atoms with Gasteiger partial charge in [-0.15, -0.1) is 0 Å². The number of hydrogen-bond acceptors (Lipinski definition) is 4. The zero-order chi connectivity index (χ0) is 25.2. The molecule has 1 aromatic heterocycles. The van der Waals surface area contributed by atoms with E-state index in [0.29, 0.717) is 0 Å². The summed E-state index contributed by atoms with van der Waals surface area (Å²) in [5.41, 5.74) is 0.701. The molecule has 0 unspecified atom stereocenters. The second-order valence-corrected chi connectivity index (χ2v) is 7.44. The number of halogens is 4. The van der Waals surface area contributed by atoms with Crippen LogP contribution in [0, 0.1) is 5.82 Å². The third-order valence-electron chi connectivity index (χ3n) is 5.03. The van der Waals surface area contributed by atoms with Crippen LogP contribution in [0.1, 0.15) is 16.2 Å². The first-order valence-electron chi connectivity index (χ1n) is 10.2. The lowest BCUT2D eigenvalue weighted by Gasteiger charge is -2.14. The highest BCUT2D eigenvalue weighted by atomic mass is 19.4. The normalized spacial score (nSPS) is 11.3. The molecule has 0 radical (unpaired) electrons. The van der Waals surface area contributed by atoms with E-state index < -0.39 is 36.2 Å². The van der Waals surface area contributed by atoms with Gasteiger partial charge >= 0.3 is 6.18 Å². The molecule has 180 valence electrons. The summed E-state index contributed by atoms with van der Waals surface area (Å²) in [7, 11) is 1.37. The number of hydrogen-bond donors (Lipinski definition) is 2. The molecule has 4 rings (SSSR count). The van der Waals surface area contributed by atoms with Crippen LogP contribution in [0.3, 0.4) is 0 Å². The Morgan fingerprint density at radius 2 is 1.77 bits per heavy atom. The van der Waals surface area contributed by atoms with Gasteiger partial charge in [-0.25, -0.2) is 9.37 Å². The fourth-order valence-electron chi connectivity index (χ4n) is 3.50. The maximum atomic E-state index is 13.5. The molecular formula is C24H18F4N4O3. The van der Waals surface area contributed by atoms with E-state index in [-0.39, 0.29) is 33.7 Å². The Morgan fingerprint density at radius 1 is 1.00 bits per heavy atom. The van der Waals surface area contributed by atoms with E-state index in [0.717, 1.165) is 10.6 Å². The Balaban J connectivity index is 1.56. The Labute approximate surface area is 196 Å². The minimum absolute atomic E-state index is 0.0631. The number of carbonyl (C=O) groups is 2. The van der Waals surface area contributed by atoms with Gasteiger partial charge in [-0.3, -0.25) is 9.59 Å². The van der Waals surface area contributed by atoms with Crippen molar-refractivity contribution in [3.05, 3.63) is 83.9 Å². The highest BCUT2D eigenvalue weighted by Gasteiger charge is 2.38. The van der Waals surface area contributed by atoms with Crippen molar-refractivity contribution in [1.82, 2.24) is 9.55 Å². The summed E-state index contributed by atoms with van der Waals surface area (Å²) >= 11 is 0. The average Bonchev–Trinajstić information content (AvgIpc) is 3.18. The summed E-state index contributed by atoms with van der Waals surface area (Å²) in [4.78, 5) is 28.8. The molecular weight excluding hydrogens is 468 g/mol. The number of nitrogens with zero attached hydrogens (tertiary/aromatic N) is 2. The number of aromatic nitrogens is 2. The summed E-state index contributed by atoms with van der Waals surface area (Å²) in [6.07, 6.45) is -4.76. The first-order valence-corrected chi connectivity index (χ1v) is 10.2. The molecule has 7 nitrogen and oxygen atoms in total. The highest BCUT2D eigenvalue weighted by molar-refractivity contribution is 6.05. The van der Waals surface area contributed by atoms with Crippen LogP contribution in [0.15, 0.2) is 66.7 Å². The zero-order valence-electron chi connectivity index (χ0n) is 18.2. The maximum absolute atomic E-state index is 13.5. The molecule has 0 spiro atoms. The number of fused-ring (bicyclic) bond motifs is 1. The number of imidazole rings is 1. The number of anilines is 2. The van der Waals surface area contributed by atoms with Gasteiger partial charge in [-0.05, 0) is 48.5 Å². The third kappa shape index (κ3) is 5.24. The van der Waals surface area contributed by atoms with Crippen molar-refractivity contribution in [3.8, 4) is 5.75 Å². The van der Waals surface area contributed by atoms with E-state index in [4.69, 9.17) is 4.74 Å². The van der Waals surface area contributed by atoms with E-state index in [2.05, 4.69) is 15.6 Å². The van der Waals surface area contributed by atoms with E-state index in [1.807, 2.05) is 0 Å². The molecule has 35 heavy (non-hydrogen) atoms. The summed E-state index contributed by atoms with van der Waals surface area (Å²) in [5, 5.41) is 5.09. The van der Waals surface area contributed by atoms with Crippen LogP contribution in [0.25, 0.3) is 11.0 Å². The van der Waals surface area contributed by atoms with Crippen LogP contribution in [0.4, 0.5) is 28.9 Å². The lowest BCUT2D eigenvalue weighted by atomic mass is 10.2.